The van der Waals surface area contributed by atoms with Crippen molar-refractivity contribution in [1.82, 2.24) is 0 Å². The van der Waals surface area contributed by atoms with Gasteiger partial charge in [-0.25, -0.2) is 0 Å². The van der Waals surface area contributed by atoms with Crippen molar-refractivity contribution in [3.05, 3.63) is 29.8 Å². The lowest BCUT2D eigenvalue weighted by Crippen LogP contribution is -2.37. The Hall–Kier alpha value is -1.55. The molecule has 2 N–H and O–H groups in total. The summed E-state index contributed by atoms with van der Waals surface area (Å²) in [6.07, 6.45) is 0.989. The number of benzene rings is 1. The first-order valence-electron chi connectivity index (χ1n) is 5.81. The second kappa shape index (κ2) is 6.91. The van der Waals surface area contributed by atoms with Crippen LogP contribution in [-0.4, -0.2) is 25.2 Å². The Bertz CT molecular complexity index is 348. The van der Waals surface area contributed by atoms with E-state index in [1.807, 2.05) is 24.3 Å². The van der Waals surface area contributed by atoms with Gasteiger partial charge in [0, 0.05) is 0 Å². The maximum atomic E-state index is 11.2. The van der Waals surface area contributed by atoms with Gasteiger partial charge in [-0.1, -0.05) is 19.1 Å². The highest BCUT2D eigenvalue weighted by Gasteiger charge is 2.14. The van der Waals surface area contributed by atoms with E-state index < -0.39 is 12.0 Å². The number of nitrogens with two attached hydrogens (primary N) is 1. The van der Waals surface area contributed by atoms with E-state index in [9.17, 15) is 4.79 Å². The van der Waals surface area contributed by atoms with E-state index in [1.165, 1.54) is 5.56 Å². The van der Waals surface area contributed by atoms with Crippen LogP contribution >= 0.6 is 0 Å². The number of ether oxygens (including phenoxy) is 2. The third-order valence-electron chi connectivity index (χ3n) is 2.35. The molecule has 17 heavy (non-hydrogen) atoms. The average molecular weight is 237 g/mol. The minimum absolute atomic E-state index is 0.129. The zero-order chi connectivity index (χ0) is 12.7. The zero-order valence-corrected chi connectivity index (χ0v) is 10.3. The second-order valence-corrected chi connectivity index (χ2v) is 3.67. The predicted octanol–water partition coefficient (Wildman–Crippen LogP) is 1.52. The van der Waals surface area contributed by atoms with E-state index >= 15 is 0 Å². The van der Waals surface area contributed by atoms with E-state index in [1.54, 1.807) is 6.92 Å². The normalized spacial score (nSPS) is 11.9. The van der Waals surface area contributed by atoms with Gasteiger partial charge in [0.25, 0.3) is 0 Å². The first-order chi connectivity index (χ1) is 8.17. The first kappa shape index (κ1) is 13.5. The Kier molecular flexibility index (Phi) is 5.49. The number of esters is 1. The monoisotopic (exact) mass is 237 g/mol. The summed E-state index contributed by atoms with van der Waals surface area (Å²) >= 11 is 0. The van der Waals surface area contributed by atoms with Crippen LogP contribution in [0.25, 0.3) is 0 Å². The van der Waals surface area contributed by atoms with Crippen molar-refractivity contribution in [2.75, 3.05) is 13.2 Å². The number of carbonyl (C=O) groups is 1. The van der Waals surface area contributed by atoms with E-state index in [0.717, 1.165) is 6.42 Å². The Morgan fingerprint density at radius 1 is 1.29 bits per heavy atom. The van der Waals surface area contributed by atoms with Crippen molar-refractivity contribution in [3.8, 4) is 5.75 Å². The summed E-state index contributed by atoms with van der Waals surface area (Å²) in [5.41, 5.74) is 6.85. The molecule has 0 aromatic heterocycles. The van der Waals surface area contributed by atoms with Crippen molar-refractivity contribution in [2.24, 2.45) is 5.73 Å². The van der Waals surface area contributed by atoms with Gasteiger partial charge in [0.2, 0.25) is 0 Å². The first-order valence-corrected chi connectivity index (χ1v) is 5.81. The Labute approximate surface area is 102 Å². The molecule has 0 spiro atoms. The van der Waals surface area contributed by atoms with Crippen molar-refractivity contribution >= 4 is 5.97 Å². The smallest absolute Gasteiger partial charge is 0.326 e. The minimum atomic E-state index is -0.735. The van der Waals surface area contributed by atoms with E-state index in [2.05, 4.69) is 6.92 Å². The molecule has 94 valence electrons. The van der Waals surface area contributed by atoms with Crippen LogP contribution in [0.4, 0.5) is 0 Å². The summed E-state index contributed by atoms with van der Waals surface area (Å²) in [7, 11) is 0. The van der Waals surface area contributed by atoms with Gasteiger partial charge in [-0.05, 0) is 31.0 Å². The lowest BCUT2D eigenvalue weighted by molar-refractivity contribution is -0.145. The Morgan fingerprint density at radius 3 is 2.47 bits per heavy atom. The van der Waals surface area contributed by atoms with Crippen LogP contribution in [0.3, 0.4) is 0 Å². The number of aryl methyl sites for hydroxylation is 1. The standard InChI is InChI=1S/C13H19NO3/c1-3-10-5-7-11(8-6-10)17-9-12(14)13(15)16-4-2/h5-8,12H,3-4,9,14H2,1-2H3. The summed E-state index contributed by atoms with van der Waals surface area (Å²) in [5.74, 6) is 0.277. The van der Waals surface area contributed by atoms with Crippen molar-refractivity contribution in [2.45, 2.75) is 26.3 Å². The Balaban J connectivity index is 2.41. The molecule has 0 radical (unpaired) electrons. The molecule has 1 rings (SSSR count). The van der Waals surface area contributed by atoms with Gasteiger partial charge in [-0.15, -0.1) is 0 Å². The number of hydrogen-bond donors (Lipinski definition) is 1. The summed E-state index contributed by atoms with van der Waals surface area (Å²) in [4.78, 5) is 11.2. The summed E-state index contributed by atoms with van der Waals surface area (Å²) in [6.45, 7) is 4.30. The van der Waals surface area contributed by atoms with Crippen molar-refractivity contribution in [3.63, 3.8) is 0 Å². The fraction of sp³-hybridized carbons (Fsp3) is 0.462. The number of hydrogen-bond acceptors (Lipinski definition) is 4. The van der Waals surface area contributed by atoms with Crippen LogP contribution < -0.4 is 10.5 Å². The molecule has 1 atom stereocenters. The molecule has 1 aromatic carbocycles. The van der Waals surface area contributed by atoms with Crippen LogP contribution in [0, 0.1) is 0 Å². The fourth-order valence-corrected chi connectivity index (χ4v) is 1.32. The van der Waals surface area contributed by atoms with Gasteiger partial charge in [0.15, 0.2) is 0 Å². The van der Waals surface area contributed by atoms with Crippen LogP contribution in [0.15, 0.2) is 24.3 Å². The fourth-order valence-electron chi connectivity index (χ4n) is 1.32. The van der Waals surface area contributed by atoms with E-state index in [-0.39, 0.29) is 6.61 Å². The maximum Gasteiger partial charge on any atom is 0.326 e. The number of rotatable bonds is 6. The summed E-state index contributed by atoms with van der Waals surface area (Å²) < 4.78 is 10.2. The van der Waals surface area contributed by atoms with Gasteiger partial charge in [0.05, 0.1) is 6.61 Å². The second-order valence-electron chi connectivity index (χ2n) is 3.67. The van der Waals surface area contributed by atoms with Gasteiger partial charge < -0.3 is 15.2 Å². The molecule has 4 nitrogen and oxygen atoms in total. The third kappa shape index (κ3) is 4.44. The molecule has 0 aliphatic rings. The highest BCUT2D eigenvalue weighted by molar-refractivity contribution is 5.75. The molecule has 0 saturated heterocycles. The molecule has 1 unspecified atom stereocenters. The number of carbonyl (C=O) groups excluding carboxylic acids is 1. The molecular formula is C13H19NO3. The maximum absolute atomic E-state index is 11.2. The van der Waals surface area contributed by atoms with Crippen molar-refractivity contribution in [1.29, 1.82) is 0 Å². The lowest BCUT2D eigenvalue weighted by atomic mass is 10.2. The highest BCUT2D eigenvalue weighted by Crippen LogP contribution is 2.12. The molecule has 1 aromatic rings. The molecule has 0 bridgehead atoms. The molecule has 0 aliphatic carbocycles. The average Bonchev–Trinajstić information content (AvgIpc) is 2.36. The zero-order valence-electron chi connectivity index (χ0n) is 10.3. The molecular weight excluding hydrogens is 218 g/mol. The molecule has 0 fully saturated rings. The SMILES string of the molecule is CCOC(=O)C(N)COc1ccc(CC)cc1. The van der Waals surface area contributed by atoms with Crippen LogP contribution in [0.2, 0.25) is 0 Å². The molecule has 0 amide bonds. The molecule has 4 heteroatoms. The van der Waals surface area contributed by atoms with Gasteiger partial charge in [-0.3, -0.25) is 4.79 Å². The molecule has 0 saturated carbocycles. The molecule has 0 aliphatic heterocycles. The van der Waals surface area contributed by atoms with Crippen LogP contribution in [0.1, 0.15) is 19.4 Å². The third-order valence-corrected chi connectivity index (χ3v) is 2.35. The topological polar surface area (TPSA) is 61.5 Å². The van der Waals surface area contributed by atoms with E-state index in [0.29, 0.717) is 12.4 Å². The largest absolute Gasteiger partial charge is 0.491 e. The predicted molar refractivity (Wildman–Crippen MR) is 65.9 cm³/mol. The molecule has 0 heterocycles. The summed E-state index contributed by atoms with van der Waals surface area (Å²) in [6, 6.07) is 6.99. The minimum Gasteiger partial charge on any atom is -0.491 e. The highest BCUT2D eigenvalue weighted by atomic mass is 16.5. The van der Waals surface area contributed by atoms with Gasteiger partial charge in [-0.2, -0.15) is 0 Å². The van der Waals surface area contributed by atoms with E-state index in [4.69, 9.17) is 15.2 Å². The summed E-state index contributed by atoms with van der Waals surface area (Å²) in [5, 5.41) is 0. The van der Waals surface area contributed by atoms with Gasteiger partial charge in [0.1, 0.15) is 18.4 Å². The van der Waals surface area contributed by atoms with Gasteiger partial charge >= 0.3 is 5.97 Å². The van der Waals surface area contributed by atoms with Crippen LogP contribution in [-0.2, 0) is 16.0 Å². The quantitative estimate of drug-likeness (QED) is 0.762. The Morgan fingerprint density at radius 2 is 1.94 bits per heavy atom. The van der Waals surface area contributed by atoms with Crippen LogP contribution in [0.5, 0.6) is 5.75 Å². The lowest BCUT2D eigenvalue weighted by Gasteiger charge is -2.12. The van der Waals surface area contributed by atoms with Crippen molar-refractivity contribution < 1.29 is 14.3 Å².